The second kappa shape index (κ2) is 3.77. The van der Waals surface area contributed by atoms with Crippen molar-refractivity contribution in [2.45, 2.75) is 39.2 Å². The predicted octanol–water partition coefficient (Wildman–Crippen LogP) is 1.02. The van der Waals surface area contributed by atoms with E-state index in [9.17, 15) is 0 Å². The van der Waals surface area contributed by atoms with Gasteiger partial charge in [0.2, 0.25) is 0 Å². The molecular weight excluding hydrogens is 214 g/mol. The van der Waals surface area contributed by atoms with E-state index in [1.807, 2.05) is 17.4 Å². The average Bonchev–Trinajstić information content (AvgIpc) is 3.02. The maximum atomic E-state index is 6.14. The smallest absolute Gasteiger partial charge is 0.255 e. The molecule has 2 aromatic heterocycles. The number of nitrogens with zero attached hydrogens (tertiary/aromatic N) is 4. The van der Waals surface area contributed by atoms with Crippen molar-refractivity contribution in [3.8, 4) is 0 Å². The van der Waals surface area contributed by atoms with Crippen molar-refractivity contribution in [2.24, 2.45) is 11.7 Å². The number of aryl methyl sites for hydroxylation is 2. The molecule has 17 heavy (non-hydrogen) atoms. The van der Waals surface area contributed by atoms with Gasteiger partial charge in [-0.05, 0) is 38.7 Å². The molecule has 5 nitrogen and oxygen atoms in total. The summed E-state index contributed by atoms with van der Waals surface area (Å²) < 4.78 is 2.01. The molecule has 0 bridgehead atoms. The second-order valence-corrected chi connectivity index (χ2v) is 5.00. The largest absolute Gasteiger partial charge is 0.327 e. The van der Waals surface area contributed by atoms with E-state index in [0.29, 0.717) is 11.7 Å². The summed E-state index contributed by atoms with van der Waals surface area (Å²) in [5.74, 6) is 2.30. The fraction of sp³-hybridized carbons (Fsp3) is 0.583. The summed E-state index contributed by atoms with van der Waals surface area (Å²) in [5, 5.41) is 8.34. The second-order valence-electron chi connectivity index (χ2n) is 5.00. The van der Waals surface area contributed by atoms with Crippen molar-refractivity contribution < 1.29 is 0 Å². The minimum absolute atomic E-state index is 0.211. The van der Waals surface area contributed by atoms with Gasteiger partial charge < -0.3 is 5.73 Å². The third-order valence-corrected chi connectivity index (χ3v) is 3.41. The number of aromatic nitrogens is 4. The van der Waals surface area contributed by atoms with E-state index < -0.39 is 0 Å². The van der Waals surface area contributed by atoms with Gasteiger partial charge in [-0.2, -0.15) is 0 Å². The van der Waals surface area contributed by atoms with Gasteiger partial charge in [-0.1, -0.05) is 0 Å². The average molecular weight is 231 g/mol. The van der Waals surface area contributed by atoms with Crippen LogP contribution >= 0.6 is 0 Å². The topological polar surface area (TPSA) is 69.1 Å². The van der Waals surface area contributed by atoms with Gasteiger partial charge in [0.1, 0.15) is 5.82 Å². The van der Waals surface area contributed by atoms with Crippen molar-refractivity contribution in [2.75, 3.05) is 0 Å². The minimum Gasteiger partial charge on any atom is -0.327 e. The lowest BCUT2D eigenvalue weighted by molar-refractivity contribution is 0.571. The van der Waals surface area contributed by atoms with Gasteiger partial charge in [-0.3, -0.25) is 4.40 Å². The Morgan fingerprint density at radius 3 is 2.88 bits per heavy atom. The maximum Gasteiger partial charge on any atom is 0.255 e. The molecule has 1 aliphatic carbocycles. The predicted molar refractivity (Wildman–Crippen MR) is 64.7 cm³/mol. The van der Waals surface area contributed by atoms with Crippen molar-refractivity contribution >= 4 is 5.78 Å². The molecule has 0 aromatic carbocycles. The first-order valence-corrected chi connectivity index (χ1v) is 6.09. The highest BCUT2D eigenvalue weighted by Gasteiger charge is 2.29. The number of hydrogen-bond acceptors (Lipinski definition) is 4. The summed E-state index contributed by atoms with van der Waals surface area (Å²) in [5.41, 5.74) is 8.23. The van der Waals surface area contributed by atoms with Crippen LogP contribution in [0.1, 0.15) is 30.1 Å². The monoisotopic (exact) mass is 231 g/mol. The zero-order valence-electron chi connectivity index (χ0n) is 10.2. The molecule has 1 fully saturated rings. The molecule has 1 atom stereocenters. The fourth-order valence-corrected chi connectivity index (χ4v) is 2.33. The van der Waals surface area contributed by atoms with Crippen LogP contribution in [0, 0.1) is 19.8 Å². The highest BCUT2D eigenvalue weighted by molar-refractivity contribution is 5.32. The molecule has 2 aromatic rings. The van der Waals surface area contributed by atoms with Crippen molar-refractivity contribution in [3.05, 3.63) is 23.3 Å². The SMILES string of the molecule is Cc1cc(C)n2c(CC(N)C3CC3)nnc2n1. The van der Waals surface area contributed by atoms with Crippen molar-refractivity contribution in [1.29, 1.82) is 0 Å². The van der Waals surface area contributed by atoms with E-state index in [-0.39, 0.29) is 6.04 Å². The Bertz CT molecular complexity index is 555. The zero-order valence-corrected chi connectivity index (χ0v) is 10.2. The molecule has 2 N–H and O–H groups in total. The Balaban J connectivity index is 1.99. The van der Waals surface area contributed by atoms with Gasteiger partial charge in [0.05, 0.1) is 0 Å². The summed E-state index contributed by atoms with van der Waals surface area (Å²) in [7, 11) is 0. The van der Waals surface area contributed by atoms with E-state index >= 15 is 0 Å². The first kappa shape index (κ1) is 10.7. The molecule has 1 unspecified atom stereocenters. The maximum absolute atomic E-state index is 6.14. The van der Waals surface area contributed by atoms with Gasteiger partial charge >= 0.3 is 0 Å². The molecule has 90 valence electrons. The lowest BCUT2D eigenvalue weighted by Crippen LogP contribution is -2.26. The van der Waals surface area contributed by atoms with Crippen LogP contribution in [0.5, 0.6) is 0 Å². The molecule has 5 heteroatoms. The van der Waals surface area contributed by atoms with Crippen LogP contribution in [0.25, 0.3) is 5.78 Å². The Labute approximate surface area is 100 Å². The summed E-state index contributed by atoms with van der Waals surface area (Å²) in [4.78, 5) is 4.37. The minimum atomic E-state index is 0.211. The number of rotatable bonds is 3. The van der Waals surface area contributed by atoms with Gasteiger partial charge in [-0.15, -0.1) is 10.2 Å². The standard InChI is InChI=1S/C12H17N5/c1-7-5-8(2)17-11(15-16-12(17)14-7)6-10(13)9-3-4-9/h5,9-10H,3-4,6,13H2,1-2H3. The Kier molecular flexibility index (Phi) is 2.36. The third-order valence-electron chi connectivity index (χ3n) is 3.41. The van der Waals surface area contributed by atoms with Crippen molar-refractivity contribution in [3.63, 3.8) is 0 Å². The Morgan fingerprint density at radius 1 is 1.41 bits per heavy atom. The first-order chi connectivity index (χ1) is 8.15. The van der Waals surface area contributed by atoms with Gasteiger partial charge in [-0.25, -0.2) is 4.98 Å². The normalized spacial score (nSPS) is 17.6. The molecule has 0 spiro atoms. The van der Waals surface area contributed by atoms with Crippen LogP contribution < -0.4 is 5.73 Å². The molecule has 0 amide bonds. The van der Waals surface area contributed by atoms with Crippen LogP contribution in [0.15, 0.2) is 6.07 Å². The van der Waals surface area contributed by atoms with Gasteiger partial charge in [0, 0.05) is 23.9 Å². The molecular formula is C12H17N5. The Hall–Kier alpha value is -1.49. The van der Waals surface area contributed by atoms with Crippen LogP contribution in [-0.4, -0.2) is 25.6 Å². The summed E-state index contributed by atoms with van der Waals surface area (Å²) in [6.45, 7) is 4.02. The number of nitrogens with two attached hydrogens (primary N) is 1. The van der Waals surface area contributed by atoms with E-state index in [0.717, 1.165) is 23.6 Å². The zero-order chi connectivity index (χ0) is 12.0. The summed E-state index contributed by atoms with van der Waals surface area (Å²) in [6, 6.07) is 2.26. The first-order valence-electron chi connectivity index (χ1n) is 6.09. The fourth-order valence-electron chi connectivity index (χ4n) is 2.33. The van der Waals surface area contributed by atoms with Crippen LogP contribution in [0.3, 0.4) is 0 Å². The van der Waals surface area contributed by atoms with Crippen molar-refractivity contribution in [1.82, 2.24) is 19.6 Å². The quantitative estimate of drug-likeness (QED) is 0.856. The van der Waals surface area contributed by atoms with E-state index in [2.05, 4.69) is 22.1 Å². The Morgan fingerprint density at radius 2 is 2.18 bits per heavy atom. The lowest BCUT2D eigenvalue weighted by Gasteiger charge is -2.09. The summed E-state index contributed by atoms with van der Waals surface area (Å²) in [6.07, 6.45) is 3.31. The molecule has 1 saturated carbocycles. The molecule has 1 aliphatic rings. The van der Waals surface area contributed by atoms with Crippen LogP contribution in [-0.2, 0) is 6.42 Å². The molecule has 0 saturated heterocycles. The number of hydrogen-bond donors (Lipinski definition) is 1. The highest BCUT2D eigenvalue weighted by Crippen LogP contribution is 2.32. The molecule has 0 radical (unpaired) electrons. The van der Waals surface area contributed by atoms with E-state index in [1.165, 1.54) is 12.8 Å². The third kappa shape index (κ3) is 1.91. The van der Waals surface area contributed by atoms with Crippen LogP contribution in [0.4, 0.5) is 0 Å². The molecule has 2 heterocycles. The van der Waals surface area contributed by atoms with E-state index in [1.54, 1.807) is 0 Å². The summed E-state index contributed by atoms with van der Waals surface area (Å²) >= 11 is 0. The molecule has 0 aliphatic heterocycles. The number of fused-ring (bicyclic) bond motifs is 1. The van der Waals surface area contributed by atoms with Gasteiger partial charge in [0.15, 0.2) is 0 Å². The highest BCUT2D eigenvalue weighted by atomic mass is 15.3. The van der Waals surface area contributed by atoms with Gasteiger partial charge in [0.25, 0.3) is 5.78 Å². The lowest BCUT2D eigenvalue weighted by atomic mass is 10.1. The van der Waals surface area contributed by atoms with Crippen LogP contribution in [0.2, 0.25) is 0 Å². The molecule has 3 rings (SSSR count). The van der Waals surface area contributed by atoms with E-state index in [4.69, 9.17) is 5.73 Å².